The molecular formula is C17H27FN2O. The third kappa shape index (κ3) is 4.77. The Kier molecular flexibility index (Phi) is 6.61. The van der Waals surface area contributed by atoms with Crippen molar-refractivity contribution in [3.05, 3.63) is 35.6 Å². The third-order valence-corrected chi connectivity index (χ3v) is 4.09. The average Bonchev–Trinajstić information content (AvgIpc) is 2.74. The summed E-state index contributed by atoms with van der Waals surface area (Å²) >= 11 is 0. The number of nitrogens with zero attached hydrogens (tertiary/aromatic N) is 1. The van der Waals surface area contributed by atoms with Crippen LogP contribution in [-0.4, -0.2) is 44.3 Å². The zero-order chi connectivity index (χ0) is 15.1. The molecule has 0 aromatic heterocycles. The zero-order valence-electron chi connectivity index (χ0n) is 13.1. The van der Waals surface area contributed by atoms with Gasteiger partial charge in [0.2, 0.25) is 0 Å². The van der Waals surface area contributed by atoms with Gasteiger partial charge in [-0.2, -0.15) is 0 Å². The Hall–Kier alpha value is -0.970. The van der Waals surface area contributed by atoms with E-state index < -0.39 is 0 Å². The van der Waals surface area contributed by atoms with Crippen LogP contribution in [0.1, 0.15) is 31.9 Å². The first-order valence-corrected chi connectivity index (χ1v) is 8.00. The first-order valence-electron chi connectivity index (χ1n) is 8.00. The predicted octanol–water partition coefficient (Wildman–Crippen LogP) is 2.83. The van der Waals surface area contributed by atoms with E-state index in [2.05, 4.69) is 24.1 Å². The molecule has 118 valence electrons. The highest BCUT2D eigenvalue weighted by Gasteiger charge is 2.23. The zero-order valence-corrected chi connectivity index (χ0v) is 13.1. The Morgan fingerprint density at radius 2 is 2.10 bits per heavy atom. The van der Waals surface area contributed by atoms with Crippen molar-refractivity contribution in [3.63, 3.8) is 0 Å². The summed E-state index contributed by atoms with van der Waals surface area (Å²) in [5.74, 6) is 0.231. The van der Waals surface area contributed by atoms with Gasteiger partial charge in [0.25, 0.3) is 0 Å². The van der Waals surface area contributed by atoms with Gasteiger partial charge in [-0.1, -0.05) is 32.0 Å². The van der Waals surface area contributed by atoms with Gasteiger partial charge in [0.15, 0.2) is 0 Å². The molecule has 1 saturated heterocycles. The highest BCUT2D eigenvalue weighted by molar-refractivity contribution is 5.22. The van der Waals surface area contributed by atoms with E-state index in [1.165, 1.54) is 0 Å². The lowest BCUT2D eigenvalue weighted by molar-refractivity contribution is 0.136. The second kappa shape index (κ2) is 8.47. The molecule has 1 aromatic carbocycles. The van der Waals surface area contributed by atoms with Crippen molar-refractivity contribution in [1.29, 1.82) is 0 Å². The van der Waals surface area contributed by atoms with E-state index >= 15 is 0 Å². The van der Waals surface area contributed by atoms with Crippen molar-refractivity contribution in [2.75, 3.05) is 39.4 Å². The summed E-state index contributed by atoms with van der Waals surface area (Å²) in [6.07, 6.45) is 1.08. The van der Waals surface area contributed by atoms with Crippen LogP contribution in [0.25, 0.3) is 0 Å². The summed E-state index contributed by atoms with van der Waals surface area (Å²) in [5.41, 5.74) is 0.776. The van der Waals surface area contributed by atoms with E-state index in [-0.39, 0.29) is 11.9 Å². The fraction of sp³-hybridized carbons (Fsp3) is 0.647. The molecule has 1 aliphatic heterocycles. The number of benzene rings is 1. The minimum Gasteiger partial charge on any atom is -0.380 e. The fourth-order valence-electron chi connectivity index (χ4n) is 3.06. The Morgan fingerprint density at radius 3 is 2.86 bits per heavy atom. The van der Waals surface area contributed by atoms with E-state index in [4.69, 9.17) is 4.74 Å². The van der Waals surface area contributed by atoms with E-state index in [9.17, 15) is 4.39 Å². The lowest BCUT2D eigenvalue weighted by atomic mass is 9.93. The van der Waals surface area contributed by atoms with Crippen LogP contribution < -0.4 is 5.32 Å². The average molecular weight is 294 g/mol. The van der Waals surface area contributed by atoms with Crippen LogP contribution in [0.4, 0.5) is 4.39 Å². The van der Waals surface area contributed by atoms with E-state index in [1.54, 1.807) is 12.1 Å². The number of rotatable bonds is 6. The van der Waals surface area contributed by atoms with Gasteiger partial charge in [0, 0.05) is 37.8 Å². The molecule has 0 saturated carbocycles. The summed E-state index contributed by atoms with van der Waals surface area (Å²) in [6, 6.07) is 7.16. The van der Waals surface area contributed by atoms with Crippen LogP contribution in [0.5, 0.6) is 0 Å². The molecule has 1 aliphatic rings. The second-order valence-corrected chi connectivity index (χ2v) is 5.80. The molecular weight excluding hydrogens is 267 g/mol. The standard InChI is InChI=1S/C17H27FN2O/c1-3-19-17(15-7-4-5-8-16(15)18)14(2)13-20-9-6-11-21-12-10-20/h4-5,7-8,14,17,19H,3,6,9-13H2,1-2H3. The quantitative estimate of drug-likeness (QED) is 0.873. The molecule has 0 spiro atoms. The molecule has 21 heavy (non-hydrogen) atoms. The lowest BCUT2D eigenvalue weighted by Crippen LogP contribution is -2.37. The first kappa shape index (κ1) is 16.4. The minimum absolute atomic E-state index is 0.0559. The molecule has 3 nitrogen and oxygen atoms in total. The SMILES string of the molecule is CCNC(c1ccccc1F)C(C)CN1CCCOCC1. The van der Waals surface area contributed by atoms with Crippen molar-refractivity contribution in [2.45, 2.75) is 26.3 Å². The number of halogens is 1. The number of ether oxygens (including phenoxy) is 1. The molecule has 2 unspecified atom stereocenters. The topological polar surface area (TPSA) is 24.5 Å². The van der Waals surface area contributed by atoms with Crippen LogP contribution in [-0.2, 0) is 4.74 Å². The van der Waals surface area contributed by atoms with Crippen molar-refractivity contribution >= 4 is 0 Å². The lowest BCUT2D eigenvalue weighted by Gasteiger charge is -2.30. The molecule has 0 bridgehead atoms. The maximum Gasteiger partial charge on any atom is 0.127 e. The summed E-state index contributed by atoms with van der Waals surface area (Å²) in [4.78, 5) is 2.43. The molecule has 2 rings (SSSR count). The van der Waals surface area contributed by atoms with Crippen LogP contribution >= 0.6 is 0 Å². The predicted molar refractivity (Wildman–Crippen MR) is 83.9 cm³/mol. The number of nitrogens with one attached hydrogen (secondary N) is 1. The molecule has 1 N–H and O–H groups in total. The summed E-state index contributed by atoms with van der Waals surface area (Å²) in [5, 5.41) is 3.45. The van der Waals surface area contributed by atoms with Crippen LogP contribution in [0.15, 0.2) is 24.3 Å². The first-order chi connectivity index (χ1) is 10.2. The van der Waals surface area contributed by atoms with Gasteiger partial charge < -0.3 is 15.0 Å². The van der Waals surface area contributed by atoms with Crippen LogP contribution in [0, 0.1) is 11.7 Å². The van der Waals surface area contributed by atoms with E-state index in [0.29, 0.717) is 5.92 Å². The second-order valence-electron chi connectivity index (χ2n) is 5.80. The summed E-state index contributed by atoms with van der Waals surface area (Å²) in [6.45, 7) is 9.78. The van der Waals surface area contributed by atoms with Gasteiger partial charge in [-0.25, -0.2) is 4.39 Å². The van der Waals surface area contributed by atoms with Crippen molar-refractivity contribution in [2.24, 2.45) is 5.92 Å². The molecule has 4 heteroatoms. The summed E-state index contributed by atoms with van der Waals surface area (Å²) < 4.78 is 19.6. The highest BCUT2D eigenvalue weighted by Crippen LogP contribution is 2.25. The highest BCUT2D eigenvalue weighted by atomic mass is 19.1. The van der Waals surface area contributed by atoms with Crippen LogP contribution in [0.3, 0.4) is 0 Å². The Balaban J connectivity index is 2.04. The monoisotopic (exact) mass is 294 g/mol. The molecule has 1 heterocycles. The van der Waals surface area contributed by atoms with Gasteiger partial charge in [-0.15, -0.1) is 0 Å². The van der Waals surface area contributed by atoms with Gasteiger partial charge in [-0.3, -0.25) is 0 Å². The summed E-state index contributed by atoms with van der Waals surface area (Å²) in [7, 11) is 0. The van der Waals surface area contributed by atoms with Crippen molar-refractivity contribution in [3.8, 4) is 0 Å². The number of hydrogen-bond acceptors (Lipinski definition) is 3. The molecule has 1 aromatic rings. The van der Waals surface area contributed by atoms with Gasteiger partial charge in [-0.05, 0) is 24.9 Å². The van der Waals surface area contributed by atoms with E-state index in [1.807, 2.05) is 12.1 Å². The molecule has 1 fully saturated rings. The van der Waals surface area contributed by atoms with Gasteiger partial charge >= 0.3 is 0 Å². The smallest absolute Gasteiger partial charge is 0.127 e. The molecule has 2 atom stereocenters. The van der Waals surface area contributed by atoms with Crippen LogP contribution in [0.2, 0.25) is 0 Å². The Bertz CT molecular complexity index is 419. The molecule has 0 radical (unpaired) electrons. The maximum atomic E-state index is 14.1. The molecule has 0 amide bonds. The Morgan fingerprint density at radius 1 is 1.29 bits per heavy atom. The molecule has 0 aliphatic carbocycles. The fourth-order valence-corrected chi connectivity index (χ4v) is 3.06. The van der Waals surface area contributed by atoms with Gasteiger partial charge in [0.05, 0.1) is 6.61 Å². The minimum atomic E-state index is -0.116. The normalized spacial score (nSPS) is 20.0. The van der Waals surface area contributed by atoms with Crippen molar-refractivity contribution in [1.82, 2.24) is 10.2 Å². The largest absolute Gasteiger partial charge is 0.380 e. The maximum absolute atomic E-state index is 14.1. The third-order valence-electron chi connectivity index (χ3n) is 4.09. The number of hydrogen-bond donors (Lipinski definition) is 1. The van der Waals surface area contributed by atoms with E-state index in [0.717, 1.165) is 51.4 Å². The van der Waals surface area contributed by atoms with Gasteiger partial charge in [0.1, 0.15) is 5.82 Å². The Labute approximate surface area is 127 Å². The van der Waals surface area contributed by atoms with Crippen molar-refractivity contribution < 1.29 is 9.13 Å².